The molecule has 1 aromatic carbocycles. The number of rotatable bonds is 3. The highest BCUT2D eigenvalue weighted by Gasteiger charge is 2.33. The van der Waals surface area contributed by atoms with Gasteiger partial charge >= 0.3 is 0 Å². The first kappa shape index (κ1) is 17.9. The summed E-state index contributed by atoms with van der Waals surface area (Å²) in [6.45, 7) is 2.43. The molecule has 1 fully saturated rings. The fraction of sp³-hybridized carbons (Fsp3) is 0.250. The Morgan fingerprint density at radius 2 is 2.04 bits per heavy atom. The molecule has 0 spiro atoms. The zero-order chi connectivity index (χ0) is 19.0. The SMILES string of the molecule is Cc1cc(=O)c(C(=O)N2CCCC2c2cccs2)nn1-c1ccc(Cl)cc1. The van der Waals surface area contributed by atoms with Crippen LogP contribution in [0, 0.1) is 6.92 Å². The van der Waals surface area contributed by atoms with E-state index in [1.807, 2.05) is 29.6 Å². The Balaban J connectivity index is 1.73. The van der Waals surface area contributed by atoms with Gasteiger partial charge in [-0.2, -0.15) is 5.10 Å². The van der Waals surface area contributed by atoms with Crippen LogP contribution >= 0.6 is 22.9 Å². The standard InChI is InChI=1S/C20H18ClN3O2S/c1-13-12-17(25)19(22-24(13)15-8-6-14(21)7-9-15)20(26)23-10-2-4-16(23)18-5-3-11-27-18/h3,5-9,11-12,16H,2,4,10H2,1H3. The van der Waals surface area contributed by atoms with Gasteiger partial charge in [-0.25, -0.2) is 4.68 Å². The van der Waals surface area contributed by atoms with Gasteiger partial charge in [-0.05, 0) is 55.5 Å². The maximum atomic E-state index is 13.2. The molecular weight excluding hydrogens is 382 g/mol. The van der Waals surface area contributed by atoms with Crippen LogP contribution in [0.5, 0.6) is 0 Å². The molecule has 1 amide bonds. The van der Waals surface area contributed by atoms with E-state index in [-0.39, 0.29) is 23.1 Å². The first-order chi connectivity index (χ1) is 13.0. The minimum absolute atomic E-state index is 0.0176. The van der Waals surface area contributed by atoms with Gasteiger partial charge in [0.15, 0.2) is 5.69 Å². The average Bonchev–Trinajstić information content (AvgIpc) is 3.33. The normalized spacial score (nSPS) is 16.7. The van der Waals surface area contributed by atoms with Crippen LogP contribution in [-0.4, -0.2) is 27.1 Å². The molecule has 7 heteroatoms. The summed E-state index contributed by atoms with van der Waals surface area (Å²) < 4.78 is 1.61. The van der Waals surface area contributed by atoms with Crippen LogP contribution in [0.25, 0.3) is 5.69 Å². The third kappa shape index (κ3) is 3.42. The average molecular weight is 400 g/mol. The highest BCUT2D eigenvalue weighted by atomic mass is 35.5. The van der Waals surface area contributed by atoms with E-state index in [0.717, 1.165) is 23.4 Å². The summed E-state index contributed by atoms with van der Waals surface area (Å²) in [5.41, 5.74) is 1.02. The number of aromatic nitrogens is 2. The molecule has 2 aromatic heterocycles. The second-order valence-corrected chi connectivity index (χ2v) is 7.97. The molecule has 138 valence electrons. The van der Waals surface area contributed by atoms with E-state index in [9.17, 15) is 9.59 Å². The van der Waals surface area contributed by atoms with Gasteiger partial charge in [-0.15, -0.1) is 11.3 Å². The van der Waals surface area contributed by atoms with Crippen molar-refractivity contribution in [3.63, 3.8) is 0 Å². The summed E-state index contributed by atoms with van der Waals surface area (Å²) in [6.07, 6.45) is 1.83. The Morgan fingerprint density at radius 1 is 1.26 bits per heavy atom. The summed E-state index contributed by atoms with van der Waals surface area (Å²) in [4.78, 5) is 28.6. The van der Waals surface area contributed by atoms with Gasteiger partial charge < -0.3 is 4.90 Å². The van der Waals surface area contributed by atoms with Crippen molar-refractivity contribution in [3.05, 3.63) is 79.4 Å². The third-order valence-corrected chi connectivity index (χ3v) is 5.99. The molecule has 1 aliphatic heterocycles. The summed E-state index contributed by atoms with van der Waals surface area (Å²) in [5, 5.41) is 7.03. The molecule has 3 aromatic rings. The van der Waals surface area contributed by atoms with Crippen molar-refractivity contribution in [1.29, 1.82) is 0 Å². The van der Waals surface area contributed by atoms with Crippen molar-refractivity contribution in [3.8, 4) is 5.69 Å². The summed E-state index contributed by atoms with van der Waals surface area (Å²) in [5.74, 6) is -0.307. The molecule has 0 saturated carbocycles. The zero-order valence-electron chi connectivity index (χ0n) is 14.8. The largest absolute Gasteiger partial charge is 0.329 e. The lowest BCUT2D eigenvalue weighted by Crippen LogP contribution is -2.35. The number of nitrogens with zero attached hydrogens (tertiary/aromatic N) is 3. The molecular formula is C20H18ClN3O2S. The number of hydrogen-bond acceptors (Lipinski definition) is 4. The second-order valence-electron chi connectivity index (χ2n) is 6.56. The van der Waals surface area contributed by atoms with E-state index in [0.29, 0.717) is 17.3 Å². The highest BCUT2D eigenvalue weighted by molar-refractivity contribution is 7.10. The van der Waals surface area contributed by atoms with Crippen LogP contribution in [0.2, 0.25) is 5.02 Å². The van der Waals surface area contributed by atoms with Crippen molar-refractivity contribution >= 4 is 28.8 Å². The Kier molecular flexibility index (Phi) is 4.85. The van der Waals surface area contributed by atoms with E-state index in [1.54, 1.807) is 40.0 Å². The van der Waals surface area contributed by atoms with Crippen LogP contribution in [0.4, 0.5) is 0 Å². The topological polar surface area (TPSA) is 55.2 Å². The highest BCUT2D eigenvalue weighted by Crippen LogP contribution is 2.35. The van der Waals surface area contributed by atoms with E-state index in [2.05, 4.69) is 5.10 Å². The summed E-state index contributed by atoms with van der Waals surface area (Å²) in [7, 11) is 0. The first-order valence-corrected chi connectivity index (χ1v) is 10.0. The number of likely N-dealkylation sites (tertiary alicyclic amines) is 1. The monoisotopic (exact) mass is 399 g/mol. The van der Waals surface area contributed by atoms with Crippen LogP contribution in [0.1, 0.15) is 39.9 Å². The van der Waals surface area contributed by atoms with Gasteiger partial charge in [0.1, 0.15) is 0 Å². The number of carbonyl (C=O) groups is 1. The minimum atomic E-state index is -0.348. The van der Waals surface area contributed by atoms with E-state index in [4.69, 9.17) is 11.6 Å². The van der Waals surface area contributed by atoms with E-state index >= 15 is 0 Å². The van der Waals surface area contributed by atoms with Crippen LogP contribution in [-0.2, 0) is 0 Å². The Labute approximate surface area is 165 Å². The number of halogens is 1. The van der Waals surface area contributed by atoms with E-state index < -0.39 is 0 Å². The lowest BCUT2D eigenvalue weighted by atomic mass is 10.2. The van der Waals surface area contributed by atoms with Gasteiger partial charge in [0.2, 0.25) is 5.43 Å². The molecule has 1 aliphatic rings. The zero-order valence-corrected chi connectivity index (χ0v) is 16.3. The summed E-state index contributed by atoms with van der Waals surface area (Å²) >= 11 is 7.59. The lowest BCUT2D eigenvalue weighted by Gasteiger charge is -2.23. The predicted molar refractivity (Wildman–Crippen MR) is 107 cm³/mol. The van der Waals surface area contributed by atoms with Crippen molar-refractivity contribution in [2.45, 2.75) is 25.8 Å². The number of thiophene rings is 1. The Morgan fingerprint density at radius 3 is 2.74 bits per heavy atom. The minimum Gasteiger partial charge on any atom is -0.329 e. The molecule has 3 heterocycles. The van der Waals surface area contributed by atoms with Gasteiger partial charge in [-0.1, -0.05) is 17.7 Å². The molecule has 0 bridgehead atoms. The molecule has 5 nitrogen and oxygen atoms in total. The predicted octanol–water partition coefficient (Wildman–Crippen LogP) is 4.23. The van der Waals surface area contributed by atoms with Crippen molar-refractivity contribution in [1.82, 2.24) is 14.7 Å². The van der Waals surface area contributed by atoms with Gasteiger partial charge in [0, 0.05) is 28.2 Å². The Hall–Kier alpha value is -2.44. The van der Waals surface area contributed by atoms with Crippen LogP contribution < -0.4 is 5.43 Å². The molecule has 4 rings (SSSR count). The number of carbonyl (C=O) groups excluding carboxylic acids is 1. The molecule has 0 radical (unpaired) electrons. The fourth-order valence-electron chi connectivity index (χ4n) is 3.46. The smallest absolute Gasteiger partial charge is 0.278 e. The molecule has 0 aliphatic carbocycles. The van der Waals surface area contributed by atoms with Gasteiger partial charge in [-0.3, -0.25) is 9.59 Å². The second kappa shape index (κ2) is 7.29. The lowest BCUT2D eigenvalue weighted by molar-refractivity contribution is 0.0728. The van der Waals surface area contributed by atoms with Gasteiger partial charge in [0.25, 0.3) is 5.91 Å². The van der Waals surface area contributed by atoms with Crippen LogP contribution in [0.15, 0.2) is 52.6 Å². The molecule has 27 heavy (non-hydrogen) atoms. The number of aryl methyl sites for hydroxylation is 1. The fourth-order valence-corrected chi connectivity index (χ4v) is 4.46. The molecule has 0 N–H and O–H groups in total. The van der Waals surface area contributed by atoms with Crippen molar-refractivity contribution in [2.75, 3.05) is 6.54 Å². The Bertz CT molecular complexity index is 1030. The molecule has 1 saturated heterocycles. The number of benzene rings is 1. The van der Waals surface area contributed by atoms with E-state index in [1.165, 1.54) is 6.07 Å². The number of amides is 1. The van der Waals surface area contributed by atoms with Crippen LogP contribution in [0.3, 0.4) is 0 Å². The first-order valence-electron chi connectivity index (χ1n) is 8.76. The van der Waals surface area contributed by atoms with Gasteiger partial charge in [0.05, 0.1) is 11.7 Å². The summed E-state index contributed by atoms with van der Waals surface area (Å²) in [6, 6.07) is 12.6. The maximum absolute atomic E-state index is 13.2. The maximum Gasteiger partial charge on any atom is 0.278 e. The molecule has 1 atom stereocenters. The van der Waals surface area contributed by atoms with Crippen molar-refractivity contribution < 1.29 is 4.79 Å². The quantitative estimate of drug-likeness (QED) is 0.662. The number of hydrogen-bond donors (Lipinski definition) is 0. The third-order valence-electron chi connectivity index (χ3n) is 4.77. The molecule has 1 unspecified atom stereocenters. The van der Waals surface area contributed by atoms with Crippen molar-refractivity contribution in [2.24, 2.45) is 0 Å².